The van der Waals surface area contributed by atoms with Gasteiger partial charge in [0.15, 0.2) is 0 Å². The van der Waals surface area contributed by atoms with Crippen molar-refractivity contribution in [1.29, 1.82) is 0 Å². The van der Waals surface area contributed by atoms with Crippen LogP contribution in [0.25, 0.3) is 0 Å². The third kappa shape index (κ3) is 5.76. The Morgan fingerprint density at radius 1 is 1.22 bits per heavy atom. The zero-order valence-corrected chi connectivity index (χ0v) is 12.5. The number of hydrogen-bond donors (Lipinski definition) is 1. The van der Waals surface area contributed by atoms with Crippen molar-refractivity contribution in [2.45, 2.75) is 13.8 Å². The Bertz CT molecular complexity index is 353. The number of nitrogen functional groups attached to an aromatic ring is 1. The third-order valence-corrected chi connectivity index (χ3v) is 3.57. The number of nitrogens with two attached hydrogens (primary N) is 1. The summed E-state index contributed by atoms with van der Waals surface area (Å²) in [5.74, 6) is 0.838. The molecule has 0 amide bonds. The van der Waals surface area contributed by atoms with Crippen molar-refractivity contribution in [3.05, 3.63) is 29.8 Å². The molecule has 0 heterocycles. The van der Waals surface area contributed by atoms with E-state index >= 15 is 0 Å². The summed E-state index contributed by atoms with van der Waals surface area (Å²) in [4.78, 5) is 14.1. The highest BCUT2D eigenvalue weighted by Crippen LogP contribution is 2.14. The lowest BCUT2D eigenvalue weighted by Gasteiger charge is -2.16. The zero-order chi connectivity index (χ0) is 12.7. The minimum absolute atomic E-state index is 0. The van der Waals surface area contributed by atoms with E-state index in [9.17, 15) is 4.79 Å². The van der Waals surface area contributed by atoms with Crippen molar-refractivity contribution in [2.24, 2.45) is 0 Å². The van der Waals surface area contributed by atoms with Gasteiger partial charge in [0.2, 0.25) is 5.12 Å². The summed E-state index contributed by atoms with van der Waals surface area (Å²) in [5.41, 5.74) is 6.99. The molecule has 0 unspecified atom stereocenters. The van der Waals surface area contributed by atoms with Gasteiger partial charge in [-0.3, -0.25) is 4.79 Å². The predicted octanol–water partition coefficient (Wildman–Crippen LogP) is 2.91. The number of benzene rings is 1. The molecule has 0 aliphatic carbocycles. The van der Waals surface area contributed by atoms with Gasteiger partial charge in [0, 0.05) is 23.5 Å². The molecule has 0 aromatic heterocycles. The molecule has 0 saturated heterocycles. The Morgan fingerprint density at radius 3 is 2.28 bits per heavy atom. The van der Waals surface area contributed by atoms with Crippen LogP contribution in [0, 0.1) is 0 Å². The van der Waals surface area contributed by atoms with Gasteiger partial charge in [-0.2, -0.15) is 0 Å². The van der Waals surface area contributed by atoms with Crippen LogP contribution in [-0.2, 0) is 0 Å². The van der Waals surface area contributed by atoms with E-state index in [1.165, 1.54) is 11.8 Å². The highest BCUT2D eigenvalue weighted by Gasteiger charge is 2.07. The van der Waals surface area contributed by atoms with Crippen LogP contribution in [0.5, 0.6) is 0 Å². The summed E-state index contributed by atoms with van der Waals surface area (Å²) in [5, 5.41) is 0.122. The lowest BCUT2D eigenvalue weighted by atomic mass is 10.2. The SMILES string of the molecule is CCN(CC)CCSC(=O)c1ccc(N)cc1.Cl. The van der Waals surface area contributed by atoms with Crippen LogP contribution in [0.3, 0.4) is 0 Å². The van der Waals surface area contributed by atoms with Gasteiger partial charge in [0.05, 0.1) is 0 Å². The molecule has 18 heavy (non-hydrogen) atoms. The summed E-state index contributed by atoms with van der Waals surface area (Å²) >= 11 is 1.37. The lowest BCUT2D eigenvalue weighted by molar-refractivity contribution is 0.108. The fourth-order valence-electron chi connectivity index (χ4n) is 1.51. The molecule has 0 atom stereocenters. The molecular formula is C13H21ClN2OS. The Kier molecular flexibility index (Phi) is 8.89. The van der Waals surface area contributed by atoms with Crippen molar-refractivity contribution in [2.75, 3.05) is 31.1 Å². The van der Waals surface area contributed by atoms with Crippen molar-refractivity contribution in [3.63, 3.8) is 0 Å². The van der Waals surface area contributed by atoms with E-state index in [1.54, 1.807) is 24.3 Å². The van der Waals surface area contributed by atoms with Gasteiger partial charge in [-0.15, -0.1) is 12.4 Å². The minimum atomic E-state index is 0. The molecule has 0 spiro atoms. The molecule has 0 saturated carbocycles. The second-order valence-corrected chi connectivity index (χ2v) is 4.85. The first-order valence-electron chi connectivity index (χ1n) is 5.92. The van der Waals surface area contributed by atoms with E-state index in [1.807, 2.05) is 0 Å². The van der Waals surface area contributed by atoms with Gasteiger partial charge in [-0.05, 0) is 37.4 Å². The van der Waals surface area contributed by atoms with Gasteiger partial charge in [-0.1, -0.05) is 25.6 Å². The van der Waals surface area contributed by atoms with E-state index in [-0.39, 0.29) is 17.5 Å². The molecule has 5 heteroatoms. The van der Waals surface area contributed by atoms with Crippen LogP contribution in [0.4, 0.5) is 5.69 Å². The monoisotopic (exact) mass is 288 g/mol. The molecule has 0 aliphatic heterocycles. The minimum Gasteiger partial charge on any atom is -0.399 e. The Balaban J connectivity index is 0.00000289. The molecule has 0 radical (unpaired) electrons. The maximum Gasteiger partial charge on any atom is 0.219 e. The number of carbonyl (C=O) groups is 1. The van der Waals surface area contributed by atoms with Crippen molar-refractivity contribution >= 4 is 35.0 Å². The number of rotatable bonds is 6. The van der Waals surface area contributed by atoms with Gasteiger partial charge in [0.25, 0.3) is 0 Å². The van der Waals surface area contributed by atoms with Gasteiger partial charge < -0.3 is 10.6 Å². The summed E-state index contributed by atoms with van der Waals surface area (Å²) < 4.78 is 0. The normalized spacial score (nSPS) is 10.2. The predicted molar refractivity (Wildman–Crippen MR) is 82.7 cm³/mol. The van der Waals surface area contributed by atoms with Crippen LogP contribution >= 0.6 is 24.2 Å². The first-order chi connectivity index (χ1) is 8.17. The second-order valence-electron chi connectivity index (χ2n) is 3.78. The standard InChI is InChI=1S/C13H20N2OS.ClH/c1-3-15(4-2)9-10-17-13(16)11-5-7-12(14)8-6-11;/h5-8H,3-4,9-10,14H2,1-2H3;1H. The zero-order valence-electron chi connectivity index (χ0n) is 10.9. The van der Waals surface area contributed by atoms with E-state index in [2.05, 4.69) is 18.7 Å². The highest BCUT2D eigenvalue weighted by atomic mass is 35.5. The smallest absolute Gasteiger partial charge is 0.219 e. The molecule has 0 aliphatic rings. The second kappa shape index (κ2) is 9.25. The van der Waals surface area contributed by atoms with Crippen molar-refractivity contribution in [3.8, 4) is 0 Å². The summed E-state index contributed by atoms with van der Waals surface area (Å²) in [6.45, 7) is 7.30. The van der Waals surface area contributed by atoms with Gasteiger partial charge in [-0.25, -0.2) is 0 Å². The van der Waals surface area contributed by atoms with Crippen LogP contribution in [-0.4, -0.2) is 35.4 Å². The topological polar surface area (TPSA) is 46.3 Å². The number of anilines is 1. The number of carbonyl (C=O) groups excluding carboxylic acids is 1. The number of halogens is 1. The molecule has 1 aromatic carbocycles. The quantitative estimate of drug-likeness (QED) is 0.818. The van der Waals surface area contributed by atoms with E-state index in [0.29, 0.717) is 5.69 Å². The number of thioether (sulfide) groups is 1. The molecule has 0 bridgehead atoms. The first-order valence-corrected chi connectivity index (χ1v) is 6.91. The summed E-state index contributed by atoms with van der Waals surface area (Å²) in [6, 6.07) is 7.08. The number of nitrogens with zero attached hydrogens (tertiary/aromatic N) is 1. The lowest BCUT2D eigenvalue weighted by Crippen LogP contribution is -2.25. The molecule has 1 aromatic rings. The molecule has 3 nitrogen and oxygen atoms in total. The average Bonchev–Trinajstić information content (AvgIpc) is 2.35. The molecule has 2 N–H and O–H groups in total. The molecular weight excluding hydrogens is 268 g/mol. The number of hydrogen-bond acceptors (Lipinski definition) is 4. The third-order valence-electron chi connectivity index (χ3n) is 2.68. The fourth-order valence-corrected chi connectivity index (χ4v) is 2.35. The van der Waals surface area contributed by atoms with Gasteiger partial charge >= 0.3 is 0 Å². The van der Waals surface area contributed by atoms with E-state index in [4.69, 9.17) is 5.73 Å². The van der Waals surface area contributed by atoms with Crippen LogP contribution < -0.4 is 5.73 Å². The van der Waals surface area contributed by atoms with Crippen molar-refractivity contribution < 1.29 is 4.79 Å². The van der Waals surface area contributed by atoms with E-state index in [0.717, 1.165) is 31.0 Å². The van der Waals surface area contributed by atoms with Crippen LogP contribution in [0.1, 0.15) is 24.2 Å². The highest BCUT2D eigenvalue weighted by molar-refractivity contribution is 8.14. The molecule has 1 rings (SSSR count). The molecule has 0 fully saturated rings. The Morgan fingerprint density at radius 2 is 1.78 bits per heavy atom. The first kappa shape index (κ1) is 17.3. The largest absolute Gasteiger partial charge is 0.399 e. The van der Waals surface area contributed by atoms with Crippen molar-refractivity contribution in [1.82, 2.24) is 4.90 Å². The summed E-state index contributed by atoms with van der Waals surface area (Å²) in [6.07, 6.45) is 0. The summed E-state index contributed by atoms with van der Waals surface area (Å²) in [7, 11) is 0. The van der Waals surface area contributed by atoms with Crippen LogP contribution in [0.15, 0.2) is 24.3 Å². The Hall–Kier alpha value is -0.710. The van der Waals surface area contributed by atoms with E-state index < -0.39 is 0 Å². The Labute approximate surface area is 120 Å². The maximum atomic E-state index is 11.8. The molecule has 102 valence electrons. The fraction of sp³-hybridized carbons (Fsp3) is 0.462. The maximum absolute atomic E-state index is 11.8. The van der Waals surface area contributed by atoms with Crippen LogP contribution in [0.2, 0.25) is 0 Å². The average molecular weight is 289 g/mol. The van der Waals surface area contributed by atoms with Gasteiger partial charge in [0.1, 0.15) is 0 Å².